The van der Waals surface area contributed by atoms with Crippen molar-refractivity contribution >= 4 is 27.5 Å². The van der Waals surface area contributed by atoms with Crippen LogP contribution >= 0.6 is 11.3 Å². The SMILES string of the molecule is C=CCC/C(NC)=C(\C)N(C)C1CCN(C(=O)N[C@@H](C(CC)=C2CC2)[C@@H](C)c2csc3ccccc23)CC1. The molecule has 1 aliphatic heterocycles. The highest BCUT2D eigenvalue weighted by atomic mass is 32.1. The highest BCUT2D eigenvalue weighted by Crippen LogP contribution is 2.40. The van der Waals surface area contributed by atoms with Crippen molar-refractivity contribution in [3.8, 4) is 0 Å². The summed E-state index contributed by atoms with van der Waals surface area (Å²) >= 11 is 1.81. The zero-order valence-corrected chi connectivity index (χ0v) is 24.8. The molecule has 2 amide bonds. The third-order valence-electron chi connectivity index (χ3n) is 8.66. The van der Waals surface area contributed by atoms with E-state index in [-0.39, 0.29) is 18.0 Å². The van der Waals surface area contributed by atoms with Crippen molar-refractivity contribution in [1.29, 1.82) is 0 Å². The molecule has 0 radical (unpaired) electrons. The summed E-state index contributed by atoms with van der Waals surface area (Å²) in [5.74, 6) is 0.227. The quantitative estimate of drug-likeness (QED) is 0.295. The number of urea groups is 1. The number of amides is 2. The average molecular weight is 535 g/mol. The first-order valence-electron chi connectivity index (χ1n) is 14.3. The lowest BCUT2D eigenvalue weighted by Crippen LogP contribution is -2.52. The number of benzene rings is 1. The minimum atomic E-state index is 0.0385. The number of nitrogens with zero attached hydrogens (tertiary/aromatic N) is 2. The maximum absolute atomic E-state index is 13.6. The van der Waals surface area contributed by atoms with Gasteiger partial charge < -0.3 is 20.4 Å². The second kappa shape index (κ2) is 12.9. The third kappa shape index (κ3) is 6.28. The van der Waals surface area contributed by atoms with Gasteiger partial charge in [-0.05, 0) is 79.8 Å². The summed E-state index contributed by atoms with van der Waals surface area (Å²) in [4.78, 5) is 18.1. The van der Waals surface area contributed by atoms with Gasteiger partial charge in [0.2, 0.25) is 0 Å². The predicted molar refractivity (Wildman–Crippen MR) is 163 cm³/mol. The van der Waals surface area contributed by atoms with Crippen molar-refractivity contribution in [2.24, 2.45) is 0 Å². The summed E-state index contributed by atoms with van der Waals surface area (Å²) in [7, 11) is 4.19. The topological polar surface area (TPSA) is 47.6 Å². The smallest absolute Gasteiger partial charge is 0.317 e. The molecule has 4 rings (SSSR count). The summed E-state index contributed by atoms with van der Waals surface area (Å²) < 4.78 is 1.32. The van der Waals surface area contributed by atoms with Gasteiger partial charge in [0.15, 0.2) is 0 Å². The normalized spacial score (nSPS) is 18.0. The largest absolute Gasteiger partial charge is 0.390 e. The zero-order valence-electron chi connectivity index (χ0n) is 24.0. The number of allylic oxidation sites excluding steroid dienone is 4. The molecule has 0 bridgehead atoms. The number of thiophene rings is 1. The van der Waals surface area contributed by atoms with Crippen molar-refractivity contribution in [2.45, 2.75) is 83.7 Å². The molecule has 38 heavy (non-hydrogen) atoms. The highest BCUT2D eigenvalue weighted by Gasteiger charge is 2.33. The van der Waals surface area contributed by atoms with Crippen LogP contribution in [0.4, 0.5) is 4.79 Å². The predicted octanol–water partition coefficient (Wildman–Crippen LogP) is 7.40. The molecule has 1 saturated carbocycles. The van der Waals surface area contributed by atoms with Gasteiger partial charge in [0.05, 0.1) is 6.04 Å². The Morgan fingerprint density at radius 1 is 1.26 bits per heavy atom. The summed E-state index contributed by atoms with van der Waals surface area (Å²) in [5, 5.41) is 10.5. The van der Waals surface area contributed by atoms with Gasteiger partial charge in [0, 0.05) is 55.2 Å². The van der Waals surface area contributed by atoms with Crippen LogP contribution in [0.5, 0.6) is 0 Å². The van der Waals surface area contributed by atoms with Crippen molar-refractivity contribution in [2.75, 3.05) is 27.2 Å². The van der Waals surface area contributed by atoms with E-state index in [1.807, 2.05) is 18.0 Å². The standard InChI is InChI=1S/C32H46N4OS/c1-7-9-13-29(33-5)23(4)35(6)25-17-19-36(20-18-25)32(37)34-31(26(8-2)24-15-16-24)22(3)28-21-38-30-14-11-10-12-27(28)30/h7,10-12,14,21-22,25,31,33H,1,8-9,13,15-20H2,2-6H3,(H,34,37)/b29-23-/t22-,31+/m0/s1. The van der Waals surface area contributed by atoms with Crippen molar-refractivity contribution < 1.29 is 4.79 Å². The Hall–Kier alpha value is -2.73. The van der Waals surface area contributed by atoms with E-state index < -0.39 is 0 Å². The first-order chi connectivity index (χ1) is 18.4. The molecule has 0 unspecified atom stereocenters. The molecule has 1 saturated heterocycles. The molecule has 2 N–H and O–H groups in total. The fourth-order valence-electron chi connectivity index (χ4n) is 6.02. The van der Waals surface area contributed by atoms with E-state index in [4.69, 9.17) is 0 Å². The van der Waals surface area contributed by atoms with Crippen LogP contribution in [-0.2, 0) is 0 Å². The molecular formula is C32H46N4OS. The van der Waals surface area contributed by atoms with Crippen LogP contribution in [0, 0.1) is 0 Å². The number of piperidine rings is 1. The lowest BCUT2D eigenvalue weighted by Gasteiger charge is -2.39. The van der Waals surface area contributed by atoms with E-state index in [0.717, 1.165) is 45.2 Å². The van der Waals surface area contributed by atoms with Crippen molar-refractivity contribution in [3.05, 3.63) is 70.4 Å². The maximum Gasteiger partial charge on any atom is 0.317 e. The van der Waals surface area contributed by atoms with Gasteiger partial charge in [0.1, 0.15) is 0 Å². The van der Waals surface area contributed by atoms with E-state index >= 15 is 0 Å². The Bertz CT molecular complexity index is 1180. The number of rotatable bonds is 11. The van der Waals surface area contributed by atoms with Crippen LogP contribution in [-0.4, -0.2) is 55.1 Å². The van der Waals surface area contributed by atoms with Gasteiger partial charge in [0.25, 0.3) is 0 Å². The monoisotopic (exact) mass is 534 g/mol. The number of hydrogen-bond donors (Lipinski definition) is 2. The van der Waals surface area contributed by atoms with Gasteiger partial charge in [-0.15, -0.1) is 17.9 Å². The summed E-state index contributed by atoms with van der Waals surface area (Å²) in [5.41, 5.74) is 6.89. The molecule has 2 aliphatic rings. The van der Waals surface area contributed by atoms with Gasteiger partial charge in [-0.1, -0.05) is 43.7 Å². The molecule has 1 aromatic heterocycles. The zero-order chi connectivity index (χ0) is 27.2. The minimum Gasteiger partial charge on any atom is -0.390 e. The van der Waals surface area contributed by atoms with Gasteiger partial charge in [-0.25, -0.2) is 4.79 Å². The van der Waals surface area contributed by atoms with Crippen LogP contribution < -0.4 is 10.6 Å². The summed E-state index contributed by atoms with van der Waals surface area (Å²) in [6.45, 7) is 12.2. The molecule has 2 fully saturated rings. The highest BCUT2D eigenvalue weighted by molar-refractivity contribution is 7.17. The molecule has 206 valence electrons. The Labute approximate surface area is 233 Å². The second-order valence-corrected chi connectivity index (χ2v) is 11.8. The van der Waals surface area contributed by atoms with Gasteiger partial charge >= 0.3 is 6.03 Å². The number of carbonyl (C=O) groups excluding carboxylic acids is 1. The first kappa shape index (κ1) is 28.3. The Morgan fingerprint density at radius 3 is 2.61 bits per heavy atom. The number of likely N-dealkylation sites (tertiary alicyclic amines) is 1. The Morgan fingerprint density at radius 2 is 1.97 bits per heavy atom. The lowest BCUT2D eigenvalue weighted by molar-refractivity contribution is 0.148. The summed E-state index contributed by atoms with van der Waals surface area (Å²) in [6.07, 6.45) is 9.23. The summed E-state index contributed by atoms with van der Waals surface area (Å²) in [6, 6.07) is 9.21. The second-order valence-electron chi connectivity index (χ2n) is 10.9. The molecule has 2 atom stereocenters. The molecule has 2 heterocycles. The van der Waals surface area contributed by atoms with E-state index in [2.05, 4.69) is 79.6 Å². The Kier molecular flexibility index (Phi) is 9.59. The fraction of sp³-hybridized carbons (Fsp3) is 0.531. The minimum absolute atomic E-state index is 0.0385. The average Bonchev–Trinajstić information content (AvgIpc) is 3.69. The van der Waals surface area contributed by atoms with Crippen LogP contribution in [0.15, 0.2) is 64.8 Å². The van der Waals surface area contributed by atoms with Crippen LogP contribution in [0.3, 0.4) is 0 Å². The lowest BCUT2D eigenvalue weighted by atomic mass is 9.86. The van der Waals surface area contributed by atoms with Crippen molar-refractivity contribution in [3.63, 3.8) is 0 Å². The fourth-order valence-corrected chi connectivity index (χ4v) is 7.08. The molecule has 5 nitrogen and oxygen atoms in total. The third-order valence-corrected chi connectivity index (χ3v) is 9.64. The van der Waals surface area contributed by atoms with Gasteiger partial charge in [-0.3, -0.25) is 0 Å². The number of hydrogen-bond acceptors (Lipinski definition) is 4. The number of carbonyl (C=O) groups is 1. The molecule has 1 aromatic carbocycles. The molecular weight excluding hydrogens is 488 g/mol. The molecule has 0 spiro atoms. The van der Waals surface area contributed by atoms with Crippen LogP contribution in [0.2, 0.25) is 0 Å². The molecule has 2 aromatic rings. The number of nitrogens with one attached hydrogen (secondary N) is 2. The number of fused-ring (bicyclic) bond motifs is 1. The van der Waals surface area contributed by atoms with E-state index in [1.165, 1.54) is 45.5 Å². The van der Waals surface area contributed by atoms with E-state index in [9.17, 15) is 4.79 Å². The van der Waals surface area contributed by atoms with E-state index in [0.29, 0.717) is 6.04 Å². The Balaban J connectivity index is 1.44. The van der Waals surface area contributed by atoms with E-state index in [1.54, 1.807) is 16.9 Å². The van der Waals surface area contributed by atoms with Crippen LogP contribution in [0.1, 0.15) is 77.2 Å². The van der Waals surface area contributed by atoms with Crippen LogP contribution in [0.25, 0.3) is 10.1 Å². The molecule has 1 aliphatic carbocycles. The van der Waals surface area contributed by atoms with Gasteiger partial charge in [-0.2, -0.15) is 0 Å². The van der Waals surface area contributed by atoms with Crippen molar-refractivity contribution in [1.82, 2.24) is 20.4 Å². The first-order valence-corrected chi connectivity index (χ1v) is 15.2. The maximum atomic E-state index is 13.6. The molecule has 6 heteroatoms.